The molecule has 0 saturated heterocycles. The molecule has 0 saturated carbocycles. The van der Waals surface area contributed by atoms with E-state index in [1.807, 2.05) is 18.2 Å². The minimum Gasteiger partial charge on any atom is -0.497 e. The largest absolute Gasteiger partial charge is 0.497 e. The van der Waals surface area contributed by atoms with Crippen molar-refractivity contribution < 1.29 is 19.1 Å². The van der Waals surface area contributed by atoms with E-state index >= 15 is 0 Å². The molecule has 33 heavy (non-hydrogen) atoms. The van der Waals surface area contributed by atoms with E-state index in [0.717, 1.165) is 28.2 Å². The number of anilines is 1. The number of ether oxygens (including phenoxy) is 1. The monoisotopic (exact) mass is 466 g/mol. The van der Waals surface area contributed by atoms with Gasteiger partial charge in [0.1, 0.15) is 12.3 Å². The SMILES string of the molecule is CCN(CC)CCN(C(=O)CN1C(=O)c2ccccc2C1=O)c1nc2cc(OC)ccc2s1. The molecule has 0 N–H and O–H groups in total. The maximum Gasteiger partial charge on any atom is 0.262 e. The highest BCUT2D eigenvalue weighted by Gasteiger charge is 2.37. The number of rotatable bonds is 9. The van der Waals surface area contributed by atoms with E-state index in [0.29, 0.717) is 35.1 Å². The molecule has 172 valence electrons. The van der Waals surface area contributed by atoms with Gasteiger partial charge < -0.3 is 9.64 Å². The third-order valence-electron chi connectivity index (χ3n) is 5.82. The summed E-state index contributed by atoms with van der Waals surface area (Å²) in [6, 6.07) is 12.2. The molecule has 0 bridgehead atoms. The van der Waals surface area contributed by atoms with Gasteiger partial charge in [-0.1, -0.05) is 37.3 Å². The topological polar surface area (TPSA) is 83.0 Å². The molecule has 0 atom stereocenters. The number of likely N-dealkylation sites (N-methyl/N-ethyl adjacent to an activating group) is 1. The van der Waals surface area contributed by atoms with Gasteiger partial charge in [-0.2, -0.15) is 0 Å². The molecule has 1 aliphatic rings. The maximum atomic E-state index is 13.4. The van der Waals surface area contributed by atoms with Crippen molar-refractivity contribution in [3.05, 3.63) is 53.6 Å². The zero-order chi connectivity index (χ0) is 23.5. The summed E-state index contributed by atoms with van der Waals surface area (Å²) in [5, 5.41) is 0.534. The molecule has 2 heterocycles. The Morgan fingerprint density at radius 3 is 2.30 bits per heavy atom. The lowest BCUT2D eigenvalue weighted by Crippen LogP contribution is -2.45. The fourth-order valence-corrected chi connectivity index (χ4v) is 4.84. The Kier molecular flexibility index (Phi) is 6.71. The Hall–Kier alpha value is -3.30. The molecule has 9 heteroatoms. The van der Waals surface area contributed by atoms with Gasteiger partial charge in [0.2, 0.25) is 5.91 Å². The normalized spacial score (nSPS) is 13.2. The summed E-state index contributed by atoms with van der Waals surface area (Å²) in [5.74, 6) is -0.544. The van der Waals surface area contributed by atoms with Crippen LogP contribution in [-0.2, 0) is 4.79 Å². The molecule has 2 aromatic carbocycles. The Balaban J connectivity index is 1.61. The fourth-order valence-electron chi connectivity index (χ4n) is 3.85. The third kappa shape index (κ3) is 4.46. The van der Waals surface area contributed by atoms with Crippen LogP contribution in [0, 0.1) is 0 Å². The van der Waals surface area contributed by atoms with Gasteiger partial charge >= 0.3 is 0 Å². The smallest absolute Gasteiger partial charge is 0.262 e. The second-order valence-corrected chi connectivity index (χ2v) is 8.65. The van der Waals surface area contributed by atoms with Crippen molar-refractivity contribution in [3.8, 4) is 5.75 Å². The molecule has 1 aromatic heterocycles. The van der Waals surface area contributed by atoms with Gasteiger partial charge in [-0.25, -0.2) is 4.98 Å². The summed E-state index contributed by atoms with van der Waals surface area (Å²) in [7, 11) is 1.59. The zero-order valence-electron chi connectivity index (χ0n) is 18.9. The number of benzene rings is 2. The number of imide groups is 1. The molecule has 0 aliphatic carbocycles. The van der Waals surface area contributed by atoms with Crippen molar-refractivity contribution in [2.45, 2.75) is 13.8 Å². The van der Waals surface area contributed by atoms with Gasteiger partial charge in [0.25, 0.3) is 11.8 Å². The molecule has 0 fully saturated rings. The number of carbonyl (C=O) groups excluding carboxylic acids is 3. The molecule has 0 radical (unpaired) electrons. The number of hydrogen-bond acceptors (Lipinski definition) is 7. The first-order valence-corrected chi connectivity index (χ1v) is 11.7. The first-order valence-electron chi connectivity index (χ1n) is 10.9. The van der Waals surface area contributed by atoms with Gasteiger partial charge in [0, 0.05) is 19.2 Å². The molecule has 0 spiro atoms. The number of nitrogens with zero attached hydrogens (tertiary/aromatic N) is 4. The number of fused-ring (bicyclic) bond motifs is 2. The number of amides is 3. The van der Waals surface area contributed by atoms with Crippen LogP contribution in [0.5, 0.6) is 5.75 Å². The van der Waals surface area contributed by atoms with E-state index < -0.39 is 11.8 Å². The van der Waals surface area contributed by atoms with Crippen LogP contribution in [-0.4, -0.2) is 72.3 Å². The highest BCUT2D eigenvalue weighted by Crippen LogP contribution is 2.32. The number of carbonyl (C=O) groups is 3. The van der Waals surface area contributed by atoms with Crippen LogP contribution in [0.15, 0.2) is 42.5 Å². The first kappa shape index (κ1) is 22.9. The minimum atomic E-state index is -0.443. The zero-order valence-corrected chi connectivity index (χ0v) is 19.7. The molecule has 0 unspecified atom stereocenters. The van der Waals surface area contributed by atoms with Gasteiger partial charge in [-0.3, -0.25) is 24.2 Å². The lowest BCUT2D eigenvalue weighted by Gasteiger charge is -2.26. The lowest BCUT2D eigenvalue weighted by molar-refractivity contribution is -0.119. The van der Waals surface area contributed by atoms with Crippen LogP contribution in [0.3, 0.4) is 0 Å². The van der Waals surface area contributed by atoms with E-state index in [9.17, 15) is 14.4 Å². The van der Waals surface area contributed by atoms with Crippen molar-refractivity contribution in [3.63, 3.8) is 0 Å². The van der Waals surface area contributed by atoms with Crippen LogP contribution >= 0.6 is 11.3 Å². The Bertz CT molecular complexity index is 1170. The third-order valence-corrected chi connectivity index (χ3v) is 6.88. The van der Waals surface area contributed by atoms with Crippen molar-refractivity contribution in [2.24, 2.45) is 0 Å². The summed E-state index contributed by atoms with van der Waals surface area (Å²) in [6.07, 6.45) is 0. The number of methoxy groups -OCH3 is 1. The van der Waals surface area contributed by atoms with Crippen molar-refractivity contribution in [2.75, 3.05) is 44.7 Å². The average Bonchev–Trinajstić information content (AvgIpc) is 3.36. The average molecular weight is 467 g/mol. The molecule has 3 amide bonds. The van der Waals surface area contributed by atoms with Gasteiger partial charge in [-0.15, -0.1) is 0 Å². The summed E-state index contributed by atoms with van der Waals surface area (Å²) in [5.41, 5.74) is 1.39. The highest BCUT2D eigenvalue weighted by molar-refractivity contribution is 7.22. The highest BCUT2D eigenvalue weighted by atomic mass is 32.1. The Morgan fingerprint density at radius 1 is 1.03 bits per heavy atom. The van der Waals surface area contributed by atoms with Crippen LogP contribution in [0.1, 0.15) is 34.6 Å². The predicted molar refractivity (Wildman–Crippen MR) is 128 cm³/mol. The van der Waals surface area contributed by atoms with E-state index in [4.69, 9.17) is 4.74 Å². The number of thiazole rings is 1. The molecule has 4 rings (SSSR count). The fraction of sp³-hybridized carbons (Fsp3) is 0.333. The van der Waals surface area contributed by atoms with E-state index in [-0.39, 0.29) is 12.5 Å². The first-order chi connectivity index (χ1) is 16.0. The van der Waals surface area contributed by atoms with Crippen LogP contribution in [0.2, 0.25) is 0 Å². The van der Waals surface area contributed by atoms with Gasteiger partial charge in [-0.05, 0) is 37.4 Å². The van der Waals surface area contributed by atoms with E-state index in [1.165, 1.54) is 11.3 Å². The molecular formula is C24H26N4O4S. The van der Waals surface area contributed by atoms with Gasteiger partial charge in [0.05, 0.1) is 28.5 Å². The lowest BCUT2D eigenvalue weighted by atomic mass is 10.1. The van der Waals surface area contributed by atoms with E-state index in [1.54, 1.807) is 36.3 Å². The standard InChI is InChI=1S/C24H26N4O4S/c1-4-26(5-2)12-13-27(24-25-19-14-16(32-3)10-11-20(19)33-24)21(29)15-28-22(30)17-8-6-7-9-18(17)23(28)31/h6-11,14H,4-5,12-13,15H2,1-3H3. The number of aromatic nitrogens is 1. The van der Waals surface area contributed by atoms with E-state index in [2.05, 4.69) is 23.7 Å². The van der Waals surface area contributed by atoms with Crippen LogP contribution in [0.4, 0.5) is 5.13 Å². The second-order valence-electron chi connectivity index (χ2n) is 7.64. The summed E-state index contributed by atoms with van der Waals surface area (Å²) >= 11 is 1.40. The Morgan fingerprint density at radius 2 is 1.70 bits per heavy atom. The van der Waals surface area contributed by atoms with Crippen LogP contribution in [0.25, 0.3) is 10.2 Å². The minimum absolute atomic E-state index is 0.330. The number of hydrogen-bond donors (Lipinski definition) is 0. The molecular weight excluding hydrogens is 440 g/mol. The van der Waals surface area contributed by atoms with Crippen molar-refractivity contribution >= 4 is 44.4 Å². The summed E-state index contributed by atoms with van der Waals surface area (Å²) < 4.78 is 6.21. The second kappa shape index (κ2) is 9.68. The quantitative estimate of drug-likeness (QED) is 0.450. The predicted octanol–water partition coefficient (Wildman–Crippen LogP) is 3.28. The van der Waals surface area contributed by atoms with Crippen LogP contribution < -0.4 is 9.64 Å². The summed E-state index contributed by atoms with van der Waals surface area (Å²) in [6.45, 7) is 6.57. The molecule has 1 aliphatic heterocycles. The Labute approximate surface area is 196 Å². The van der Waals surface area contributed by atoms with Crippen molar-refractivity contribution in [1.82, 2.24) is 14.8 Å². The van der Waals surface area contributed by atoms with Gasteiger partial charge in [0.15, 0.2) is 5.13 Å². The molecule has 3 aromatic rings. The molecule has 8 nitrogen and oxygen atoms in total. The summed E-state index contributed by atoms with van der Waals surface area (Å²) in [4.78, 5) is 48.4. The maximum absolute atomic E-state index is 13.4. The van der Waals surface area contributed by atoms with Crippen molar-refractivity contribution in [1.29, 1.82) is 0 Å².